The van der Waals surface area contributed by atoms with Gasteiger partial charge in [-0.25, -0.2) is 4.99 Å². The van der Waals surface area contributed by atoms with Crippen molar-refractivity contribution in [1.29, 1.82) is 0 Å². The van der Waals surface area contributed by atoms with Gasteiger partial charge in [-0.3, -0.25) is 9.78 Å². The Morgan fingerprint density at radius 3 is 2.92 bits per heavy atom. The van der Waals surface area contributed by atoms with Gasteiger partial charge in [0.2, 0.25) is 5.95 Å². The summed E-state index contributed by atoms with van der Waals surface area (Å²) in [5.41, 5.74) is 0.248. The topological polar surface area (TPSA) is 82.2 Å². The van der Waals surface area contributed by atoms with Crippen molar-refractivity contribution in [1.82, 2.24) is 9.97 Å². The number of nitrogens with one attached hydrogen (secondary N) is 3. The van der Waals surface area contributed by atoms with Crippen LogP contribution in [0.25, 0.3) is 0 Å². The van der Waals surface area contributed by atoms with Gasteiger partial charge in [-0.2, -0.15) is 4.98 Å². The maximum Gasteiger partial charge on any atom is 0.277 e. The number of fused-ring (bicyclic) bond motifs is 1. The van der Waals surface area contributed by atoms with Crippen LogP contribution < -0.4 is 16.2 Å². The molecule has 68 valence electrons. The summed E-state index contributed by atoms with van der Waals surface area (Å²) in [6, 6.07) is 0. The zero-order chi connectivity index (χ0) is 9.26. The third kappa shape index (κ3) is 1.26. The summed E-state index contributed by atoms with van der Waals surface area (Å²) in [5.74, 6) is 0.775. The van der Waals surface area contributed by atoms with Crippen LogP contribution in [-0.4, -0.2) is 29.8 Å². The fourth-order valence-electron chi connectivity index (χ4n) is 1.20. The second-order valence-corrected chi connectivity index (χ2v) is 2.62. The first-order valence-corrected chi connectivity index (χ1v) is 3.90. The summed E-state index contributed by atoms with van der Waals surface area (Å²) >= 11 is 0. The van der Waals surface area contributed by atoms with Crippen LogP contribution in [0.1, 0.15) is 0 Å². The van der Waals surface area contributed by atoms with E-state index in [-0.39, 0.29) is 11.5 Å². The van der Waals surface area contributed by atoms with Crippen molar-refractivity contribution in [2.75, 3.05) is 23.7 Å². The molecule has 1 aliphatic rings. The van der Waals surface area contributed by atoms with Crippen LogP contribution in [-0.2, 0) is 0 Å². The van der Waals surface area contributed by atoms with Gasteiger partial charge < -0.3 is 10.6 Å². The van der Waals surface area contributed by atoms with E-state index in [2.05, 4.69) is 32.3 Å². The van der Waals surface area contributed by atoms with E-state index in [1.54, 1.807) is 0 Å². The molecule has 0 radical (unpaired) electrons. The molecule has 0 fully saturated rings. The zero-order valence-electron chi connectivity index (χ0n) is 6.92. The van der Waals surface area contributed by atoms with E-state index in [0.717, 1.165) is 13.1 Å². The molecule has 3 N–H and O–H groups in total. The quantitative estimate of drug-likeness (QED) is 0.527. The number of hydrogen-bond donors (Lipinski definition) is 3. The van der Waals surface area contributed by atoms with Gasteiger partial charge in [0.05, 0.1) is 0 Å². The van der Waals surface area contributed by atoms with Gasteiger partial charge >= 0.3 is 0 Å². The summed E-state index contributed by atoms with van der Waals surface area (Å²) in [6.45, 7) is 4.76. The van der Waals surface area contributed by atoms with Gasteiger partial charge in [-0.1, -0.05) is 0 Å². The number of hydrogen-bond acceptors (Lipinski definition) is 5. The maximum atomic E-state index is 11.4. The number of aromatic amines is 1. The Bertz CT molecular complexity index is 396. The van der Waals surface area contributed by atoms with Crippen molar-refractivity contribution in [3.63, 3.8) is 0 Å². The number of aromatic nitrogens is 2. The third-order valence-corrected chi connectivity index (χ3v) is 1.78. The van der Waals surface area contributed by atoms with Crippen molar-refractivity contribution in [3.8, 4) is 0 Å². The molecule has 6 nitrogen and oxygen atoms in total. The molecule has 1 aromatic rings. The molecule has 0 aliphatic carbocycles. The molecule has 0 amide bonds. The molecule has 2 rings (SSSR count). The Morgan fingerprint density at radius 2 is 2.15 bits per heavy atom. The van der Waals surface area contributed by atoms with Gasteiger partial charge in [0.15, 0.2) is 5.82 Å². The van der Waals surface area contributed by atoms with E-state index < -0.39 is 0 Å². The van der Waals surface area contributed by atoms with Crippen LogP contribution in [0.5, 0.6) is 0 Å². The van der Waals surface area contributed by atoms with Gasteiger partial charge in [-0.05, 0) is 6.72 Å². The average Bonchev–Trinajstić information content (AvgIpc) is 2.18. The molecule has 0 unspecified atom stereocenters. The highest BCUT2D eigenvalue weighted by Crippen LogP contribution is 2.18. The smallest absolute Gasteiger partial charge is 0.277 e. The second kappa shape index (κ2) is 2.89. The number of anilines is 2. The van der Waals surface area contributed by atoms with E-state index >= 15 is 0 Å². The predicted octanol–water partition coefficient (Wildman–Crippen LogP) is -0.0606. The average molecular weight is 179 g/mol. The largest absolute Gasteiger partial charge is 0.376 e. The molecule has 0 spiro atoms. The van der Waals surface area contributed by atoms with Gasteiger partial charge in [0, 0.05) is 13.1 Å². The van der Waals surface area contributed by atoms with Crippen molar-refractivity contribution in [3.05, 3.63) is 10.4 Å². The molecular weight excluding hydrogens is 170 g/mol. The Labute approximate surface area is 74.1 Å². The number of H-pyrrole nitrogens is 1. The monoisotopic (exact) mass is 179 g/mol. The lowest BCUT2D eigenvalue weighted by atomic mass is 10.3. The first-order chi connectivity index (χ1) is 6.31. The first kappa shape index (κ1) is 7.78. The van der Waals surface area contributed by atoms with E-state index in [4.69, 9.17) is 0 Å². The van der Waals surface area contributed by atoms with Crippen LogP contribution in [0.15, 0.2) is 9.79 Å². The molecule has 2 heterocycles. The van der Waals surface area contributed by atoms with E-state index in [9.17, 15) is 4.79 Å². The molecule has 1 aliphatic heterocycles. The Balaban J connectivity index is 2.59. The molecule has 0 saturated carbocycles. The van der Waals surface area contributed by atoms with E-state index in [1.165, 1.54) is 0 Å². The van der Waals surface area contributed by atoms with E-state index in [1.807, 2.05) is 0 Å². The molecule has 1 aromatic heterocycles. The normalized spacial score (nSPS) is 13.8. The third-order valence-electron chi connectivity index (χ3n) is 1.78. The lowest BCUT2D eigenvalue weighted by Gasteiger charge is -2.17. The van der Waals surface area contributed by atoms with Crippen molar-refractivity contribution < 1.29 is 0 Å². The zero-order valence-corrected chi connectivity index (χ0v) is 6.92. The Hall–Kier alpha value is -1.85. The van der Waals surface area contributed by atoms with Gasteiger partial charge in [-0.15, -0.1) is 0 Å². The lowest BCUT2D eigenvalue weighted by Crippen LogP contribution is -2.27. The summed E-state index contributed by atoms with van der Waals surface area (Å²) in [6.07, 6.45) is 0. The van der Waals surface area contributed by atoms with E-state index in [0.29, 0.717) is 11.5 Å². The molecule has 0 atom stereocenters. The molecule has 6 heteroatoms. The van der Waals surface area contributed by atoms with Crippen molar-refractivity contribution >= 4 is 24.2 Å². The van der Waals surface area contributed by atoms with Crippen molar-refractivity contribution in [2.24, 2.45) is 4.99 Å². The highest BCUT2D eigenvalue weighted by atomic mass is 16.1. The van der Waals surface area contributed by atoms with Gasteiger partial charge in [0.1, 0.15) is 5.69 Å². The van der Waals surface area contributed by atoms with Crippen molar-refractivity contribution in [2.45, 2.75) is 0 Å². The first-order valence-electron chi connectivity index (χ1n) is 3.90. The maximum absolute atomic E-state index is 11.4. The Kier molecular flexibility index (Phi) is 1.73. The minimum Gasteiger partial charge on any atom is -0.376 e. The van der Waals surface area contributed by atoms with Crippen LogP contribution in [0.3, 0.4) is 0 Å². The number of nitrogens with zero attached hydrogens (tertiary/aromatic N) is 2. The minimum absolute atomic E-state index is 0.223. The van der Waals surface area contributed by atoms with Crippen LogP contribution in [0.4, 0.5) is 17.5 Å². The lowest BCUT2D eigenvalue weighted by molar-refractivity contribution is 0.982. The SMILES string of the molecule is C=Nc1nc2c(c(=O)[nH]1)NCCN2. The summed E-state index contributed by atoms with van der Waals surface area (Å²) in [5, 5.41) is 5.95. The van der Waals surface area contributed by atoms with Gasteiger partial charge in [0.25, 0.3) is 5.56 Å². The fraction of sp³-hybridized carbons (Fsp3) is 0.286. The number of rotatable bonds is 1. The van der Waals surface area contributed by atoms with Crippen LogP contribution in [0.2, 0.25) is 0 Å². The molecule has 0 saturated heterocycles. The minimum atomic E-state index is -0.223. The standard InChI is InChI=1S/C7H9N5O/c1-8-7-11-5-4(6(13)12-7)9-2-3-10-5/h9H,1-3H2,(H2,10,11,12,13). The number of aliphatic imine (C=N–C) groups is 1. The summed E-state index contributed by atoms with van der Waals surface area (Å²) < 4.78 is 0. The summed E-state index contributed by atoms with van der Waals surface area (Å²) in [7, 11) is 0. The molecule has 13 heavy (non-hydrogen) atoms. The highest BCUT2D eigenvalue weighted by molar-refractivity contribution is 5.66. The highest BCUT2D eigenvalue weighted by Gasteiger charge is 2.13. The fourth-order valence-corrected chi connectivity index (χ4v) is 1.20. The molecule has 0 bridgehead atoms. The van der Waals surface area contributed by atoms with Crippen LogP contribution in [0, 0.1) is 0 Å². The molecular formula is C7H9N5O. The summed E-state index contributed by atoms with van der Waals surface area (Å²) in [4.78, 5) is 21.4. The second-order valence-electron chi connectivity index (χ2n) is 2.62. The van der Waals surface area contributed by atoms with Crippen LogP contribution >= 0.6 is 0 Å². The Morgan fingerprint density at radius 1 is 1.38 bits per heavy atom. The molecule has 0 aromatic carbocycles. The predicted molar refractivity (Wildman–Crippen MR) is 51.0 cm³/mol.